The van der Waals surface area contributed by atoms with Crippen molar-refractivity contribution >= 4 is 23.2 Å². The van der Waals surface area contributed by atoms with E-state index in [4.69, 9.17) is 9.40 Å². The molecule has 1 aliphatic heterocycles. The van der Waals surface area contributed by atoms with Gasteiger partial charge < -0.3 is 19.5 Å². The summed E-state index contributed by atoms with van der Waals surface area (Å²) in [7, 11) is 1.78. The van der Waals surface area contributed by atoms with Crippen LogP contribution in [0.3, 0.4) is 0 Å². The van der Waals surface area contributed by atoms with Gasteiger partial charge in [-0.05, 0) is 12.1 Å². The minimum absolute atomic E-state index is 0.0613. The number of thiazole rings is 1. The fraction of sp³-hybridized carbons (Fsp3) is 0.286. The molecule has 1 aliphatic rings. The standard InChI is InChI=1S/C21H23N5O2S/c1-22-21(23-14-19-24-17(15-29-19)16-6-3-2-4-7-16)26-11-9-25(10-12-26)20(27)18-8-5-13-28-18/h2-8,13,15H,9-12,14H2,1H3,(H,22,23). The van der Waals surface area contributed by atoms with Crippen molar-refractivity contribution in [3.63, 3.8) is 0 Å². The van der Waals surface area contributed by atoms with E-state index in [-0.39, 0.29) is 5.91 Å². The molecule has 3 aromatic rings. The third-order valence-corrected chi connectivity index (χ3v) is 5.68. The van der Waals surface area contributed by atoms with Gasteiger partial charge in [-0.15, -0.1) is 11.3 Å². The molecule has 7 nitrogen and oxygen atoms in total. The average Bonchev–Trinajstić information content (AvgIpc) is 3.47. The molecule has 3 heterocycles. The van der Waals surface area contributed by atoms with Crippen molar-refractivity contribution in [3.05, 3.63) is 64.9 Å². The Hall–Kier alpha value is -3.13. The van der Waals surface area contributed by atoms with E-state index in [1.807, 2.05) is 23.1 Å². The maximum Gasteiger partial charge on any atom is 0.289 e. The molecule has 1 amide bonds. The molecule has 0 spiro atoms. The summed E-state index contributed by atoms with van der Waals surface area (Å²) in [6.45, 7) is 3.33. The second-order valence-electron chi connectivity index (χ2n) is 6.65. The maximum absolute atomic E-state index is 12.4. The number of nitrogens with one attached hydrogen (secondary N) is 1. The zero-order valence-electron chi connectivity index (χ0n) is 16.2. The first-order valence-electron chi connectivity index (χ1n) is 9.53. The smallest absolute Gasteiger partial charge is 0.289 e. The van der Waals surface area contributed by atoms with Crippen LogP contribution in [0.2, 0.25) is 0 Å². The molecule has 0 aliphatic carbocycles. The molecule has 1 aromatic carbocycles. The van der Waals surface area contributed by atoms with Crippen LogP contribution in [0.15, 0.2) is 63.5 Å². The number of aliphatic imine (C=N–C) groups is 1. The molecular formula is C21H23N5O2S. The zero-order chi connectivity index (χ0) is 20.1. The Balaban J connectivity index is 1.30. The Labute approximate surface area is 173 Å². The highest BCUT2D eigenvalue weighted by molar-refractivity contribution is 7.09. The molecule has 29 heavy (non-hydrogen) atoms. The Bertz CT molecular complexity index is 960. The average molecular weight is 410 g/mol. The van der Waals surface area contributed by atoms with Crippen LogP contribution in [0.5, 0.6) is 0 Å². The summed E-state index contributed by atoms with van der Waals surface area (Å²) in [6, 6.07) is 13.6. The lowest BCUT2D eigenvalue weighted by atomic mass is 10.2. The fourth-order valence-electron chi connectivity index (χ4n) is 3.30. The lowest BCUT2D eigenvalue weighted by molar-refractivity contribution is 0.0657. The van der Waals surface area contributed by atoms with Crippen LogP contribution in [0, 0.1) is 0 Å². The summed E-state index contributed by atoms with van der Waals surface area (Å²) in [5, 5.41) is 6.48. The van der Waals surface area contributed by atoms with Gasteiger partial charge in [0.05, 0.1) is 18.5 Å². The van der Waals surface area contributed by atoms with Crippen molar-refractivity contribution in [1.82, 2.24) is 20.1 Å². The van der Waals surface area contributed by atoms with E-state index in [2.05, 4.69) is 32.7 Å². The first-order chi connectivity index (χ1) is 14.2. The predicted octanol–water partition coefficient (Wildman–Crippen LogP) is 2.94. The number of amides is 1. The molecule has 150 valence electrons. The molecule has 0 bridgehead atoms. The molecule has 0 saturated carbocycles. The van der Waals surface area contributed by atoms with E-state index in [9.17, 15) is 4.79 Å². The second-order valence-corrected chi connectivity index (χ2v) is 7.59. The zero-order valence-corrected chi connectivity index (χ0v) is 17.1. The molecule has 8 heteroatoms. The van der Waals surface area contributed by atoms with Crippen LogP contribution in [0.25, 0.3) is 11.3 Å². The van der Waals surface area contributed by atoms with Gasteiger partial charge in [0, 0.05) is 44.2 Å². The van der Waals surface area contributed by atoms with Crippen molar-refractivity contribution in [3.8, 4) is 11.3 Å². The highest BCUT2D eigenvalue weighted by Gasteiger charge is 2.25. The summed E-state index contributed by atoms with van der Waals surface area (Å²) < 4.78 is 5.22. The highest BCUT2D eigenvalue weighted by Crippen LogP contribution is 2.21. The number of hydrogen-bond acceptors (Lipinski definition) is 5. The number of guanidine groups is 1. The Morgan fingerprint density at radius 2 is 1.90 bits per heavy atom. The van der Waals surface area contributed by atoms with Gasteiger partial charge in [0.1, 0.15) is 5.01 Å². The van der Waals surface area contributed by atoms with Crippen LogP contribution in [0.4, 0.5) is 0 Å². The van der Waals surface area contributed by atoms with Crippen molar-refractivity contribution in [2.75, 3.05) is 33.2 Å². The maximum atomic E-state index is 12.4. The van der Waals surface area contributed by atoms with Crippen molar-refractivity contribution < 1.29 is 9.21 Å². The minimum atomic E-state index is -0.0613. The molecule has 4 rings (SSSR count). The first-order valence-corrected chi connectivity index (χ1v) is 10.4. The van der Waals surface area contributed by atoms with Gasteiger partial charge in [0.25, 0.3) is 5.91 Å². The van der Waals surface area contributed by atoms with Crippen molar-refractivity contribution in [2.45, 2.75) is 6.54 Å². The Kier molecular flexibility index (Phi) is 5.90. The third-order valence-electron chi connectivity index (χ3n) is 4.83. The van der Waals surface area contributed by atoms with Gasteiger partial charge in [0.2, 0.25) is 0 Å². The Morgan fingerprint density at radius 3 is 2.59 bits per heavy atom. The van der Waals surface area contributed by atoms with Crippen molar-refractivity contribution in [2.24, 2.45) is 4.99 Å². The molecule has 0 unspecified atom stereocenters. The van der Waals surface area contributed by atoms with Crippen LogP contribution in [0.1, 0.15) is 15.6 Å². The Morgan fingerprint density at radius 1 is 1.14 bits per heavy atom. The number of carbonyl (C=O) groups is 1. The number of benzene rings is 1. The molecule has 0 atom stereocenters. The monoisotopic (exact) mass is 409 g/mol. The van der Waals surface area contributed by atoms with Gasteiger partial charge in [-0.2, -0.15) is 0 Å². The lowest BCUT2D eigenvalue weighted by Gasteiger charge is -2.36. The van der Waals surface area contributed by atoms with Gasteiger partial charge in [0.15, 0.2) is 11.7 Å². The number of nitrogens with zero attached hydrogens (tertiary/aromatic N) is 4. The number of piperazine rings is 1. The summed E-state index contributed by atoms with van der Waals surface area (Å²) >= 11 is 1.64. The van der Waals surface area contributed by atoms with Gasteiger partial charge in [-0.1, -0.05) is 30.3 Å². The molecule has 1 fully saturated rings. The van der Waals surface area contributed by atoms with Gasteiger partial charge in [-0.3, -0.25) is 9.79 Å². The SMILES string of the molecule is CN=C(NCc1nc(-c2ccccc2)cs1)N1CCN(C(=O)c2ccco2)CC1. The number of carbonyl (C=O) groups excluding carboxylic acids is 1. The number of furan rings is 1. The summed E-state index contributed by atoms with van der Waals surface area (Å²) in [6.07, 6.45) is 1.52. The predicted molar refractivity (Wildman–Crippen MR) is 114 cm³/mol. The largest absolute Gasteiger partial charge is 0.459 e. The van der Waals surface area contributed by atoms with Gasteiger partial charge >= 0.3 is 0 Å². The van der Waals surface area contributed by atoms with E-state index < -0.39 is 0 Å². The summed E-state index contributed by atoms with van der Waals surface area (Å²) in [4.78, 5) is 25.5. The highest BCUT2D eigenvalue weighted by atomic mass is 32.1. The number of rotatable bonds is 4. The number of hydrogen-bond donors (Lipinski definition) is 1. The van der Waals surface area contributed by atoms with Crippen LogP contribution in [-0.2, 0) is 6.54 Å². The van der Waals surface area contributed by atoms with Crippen LogP contribution < -0.4 is 5.32 Å². The van der Waals surface area contributed by atoms with E-state index in [0.29, 0.717) is 25.4 Å². The first kappa shape index (κ1) is 19.2. The quantitative estimate of drug-likeness (QED) is 0.530. The molecular weight excluding hydrogens is 386 g/mol. The normalized spacial score (nSPS) is 14.9. The number of aromatic nitrogens is 1. The molecule has 1 saturated heterocycles. The van der Waals surface area contributed by atoms with Crippen LogP contribution in [-0.4, -0.2) is 59.9 Å². The van der Waals surface area contributed by atoms with Crippen molar-refractivity contribution in [1.29, 1.82) is 0 Å². The second kappa shape index (κ2) is 8.91. The molecule has 2 aromatic heterocycles. The third kappa shape index (κ3) is 4.48. The summed E-state index contributed by atoms with van der Waals surface area (Å²) in [5.74, 6) is 1.15. The molecule has 1 N–H and O–H groups in total. The van der Waals surface area contributed by atoms with E-state index in [1.54, 1.807) is 30.5 Å². The van der Waals surface area contributed by atoms with E-state index in [1.165, 1.54) is 6.26 Å². The lowest BCUT2D eigenvalue weighted by Crippen LogP contribution is -2.53. The summed E-state index contributed by atoms with van der Waals surface area (Å²) in [5.41, 5.74) is 2.11. The van der Waals surface area contributed by atoms with Gasteiger partial charge in [-0.25, -0.2) is 4.98 Å². The van der Waals surface area contributed by atoms with Crippen LogP contribution >= 0.6 is 11.3 Å². The van der Waals surface area contributed by atoms with E-state index in [0.717, 1.165) is 35.3 Å². The molecule has 0 radical (unpaired) electrons. The minimum Gasteiger partial charge on any atom is -0.459 e. The fourth-order valence-corrected chi connectivity index (χ4v) is 4.04. The topological polar surface area (TPSA) is 74.0 Å². The van der Waals surface area contributed by atoms with E-state index >= 15 is 0 Å².